The molecule has 1 amide bonds. The van der Waals surface area contributed by atoms with Crippen molar-refractivity contribution in [2.24, 2.45) is 0 Å². The predicted octanol–water partition coefficient (Wildman–Crippen LogP) is 5.28. The van der Waals surface area contributed by atoms with Gasteiger partial charge in [0.2, 0.25) is 0 Å². The monoisotopic (exact) mass is 461 g/mol. The minimum atomic E-state index is -0.242. The van der Waals surface area contributed by atoms with Crippen LogP contribution in [0.4, 0.5) is 0 Å². The number of carbonyl (C=O) groups excluding carboxylic acids is 1. The summed E-state index contributed by atoms with van der Waals surface area (Å²) < 4.78 is 1.34. The quantitative estimate of drug-likeness (QED) is 0.424. The zero-order chi connectivity index (χ0) is 22.5. The van der Waals surface area contributed by atoms with Crippen LogP contribution in [-0.4, -0.2) is 15.7 Å². The molecule has 0 spiro atoms. The molecule has 4 rings (SSSR count). The van der Waals surface area contributed by atoms with Gasteiger partial charge in [-0.1, -0.05) is 59.3 Å². The van der Waals surface area contributed by atoms with Gasteiger partial charge in [-0.2, -0.15) is 9.78 Å². The molecule has 1 N–H and O–H groups in total. The first-order valence-electron chi connectivity index (χ1n) is 9.96. The molecule has 0 fully saturated rings. The molecule has 0 radical (unpaired) electrons. The predicted molar refractivity (Wildman–Crippen MR) is 128 cm³/mol. The number of nitrogens with zero attached hydrogens (tertiary/aromatic N) is 2. The normalized spacial score (nSPS) is 10.7. The van der Waals surface area contributed by atoms with Gasteiger partial charge in [0.25, 0.3) is 11.5 Å². The van der Waals surface area contributed by atoms with Gasteiger partial charge in [0.05, 0.1) is 5.69 Å². The van der Waals surface area contributed by atoms with Gasteiger partial charge in [-0.25, -0.2) is 0 Å². The summed E-state index contributed by atoms with van der Waals surface area (Å²) in [6, 6.07) is 25.4. The van der Waals surface area contributed by atoms with Crippen molar-refractivity contribution in [3.05, 3.63) is 117 Å². The molecule has 1 aromatic heterocycles. The molecule has 0 unspecified atom stereocenters. The number of amides is 1. The van der Waals surface area contributed by atoms with Crippen LogP contribution in [0.15, 0.2) is 99.6 Å². The van der Waals surface area contributed by atoms with E-state index in [1.807, 2.05) is 49.4 Å². The van der Waals surface area contributed by atoms with Crippen molar-refractivity contribution in [2.45, 2.75) is 23.4 Å². The molecule has 0 atom stereocenters. The lowest BCUT2D eigenvalue weighted by atomic mass is 10.1. The van der Waals surface area contributed by atoms with E-state index in [1.54, 1.807) is 36.4 Å². The molecule has 7 heteroatoms. The van der Waals surface area contributed by atoms with E-state index in [4.69, 9.17) is 11.6 Å². The molecule has 0 aliphatic rings. The average molecular weight is 462 g/mol. The molecule has 3 aromatic carbocycles. The van der Waals surface area contributed by atoms with Crippen molar-refractivity contribution in [3.8, 4) is 5.69 Å². The molecular formula is C25H20ClN3O2S. The summed E-state index contributed by atoms with van der Waals surface area (Å²) in [6.45, 7) is 2.37. The summed E-state index contributed by atoms with van der Waals surface area (Å²) in [5.41, 5.74) is 2.86. The first-order chi connectivity index (χ1) is 15.5. The summed E-state index contributed by atoms with van der Waals surface area (Å²) in [7, 11) is 0. The average Bonchev–Trinajstić information content (AvgIpc) is 2.81. The van der Waals surface area contributed by atoms with Crippen LogP contribution in [-0.2, 0) is 6.54 Å². The maximum Gasteiger partial charge on any atom is 0.271 e. The first kappa shape index (κ1) is 21.9. The number of aryl methyl sites for hydroxylation is 1. The minimum Gasteiger partial charge on any atom is -0.348 e. The van der Waals surface area contributed by atoms with Crippen LogP contribution in [0.2, 0.25) is 5.02 Å². The Hall–Kier alpha value is -3.35. The van der Waals surface area contributed by atoms with E-state index in [0.29, 0.717) is 27.8 Å². The van der Waals surface area contributed by atoms with Gasteiger partial charge in [0.15, 0.2) is 0 Å². The highest BCUT2D eigenvalue weighted by Crippen LogP contribution is 2.25. The van der Waals surface area contributed by atoms with Crippen molar-refractivity contribution < 1.29 is 4.79 Å². The molecule has 0 saturated carbocycles. The van der Waals surface area contributed by atoms with Crippen LogP contribution in [0.1, 0.15) is 21.5 Å². The van der Waals surface area contributed by atoms with Crippen molar-refractivity contribution >= 4 is 29.3 Å². The molecule has 0 aliphatic heterocycles. The van der Waals surface area contributed by atoms with E-state index in [2.05, 4.69) is 10.4 Å². The fourth-order valence-electron chi connectivity index (χ4n) is 3.03. The second-order valence-corrected chi connectivity index (χ2v) is 8.66. The van der Waals surface area contributed by atoms with Gasteiger partial charge < -0.3 is 5.32 Å². The van der Waals surface area contributed by atoms with Crippen molar-refractivity contribution in [2.75, 3.05) is 0 Å². The van der Waals surface area contributed by atoms with Crippen LogP contribution in [0.5, 0.6) is 0 Å². The Morgan fingerprint density at radius 1 is 0.969 bits per heavy atom. The highest BCUT2D eigenvalue weighted by molar-refractivity contribution is 7.99. The Morgan fingerprint density at radius 3 is 2.41 bits per heavy atom. The Morgan fingerprint density at radius 2 is 1.69 bits per heavy atom. The van der Waals surface area contributed by atoms with Crippen molar-refractivity contribution in [1.82, 2.24) is 15.1 Å². The number of benzene rings is 3. The van der Waals surface area contributed by atoms with Crippen molar-refractivity contribution in [3.63, 3.8) is 0 Å². The third-order valence-electron chi connectivity index (χ3n) is 4.79. The number of aromatic nitrogens is 2. The first-order valence-corrected chi connectivity index (χ1v) is 11.2. The SMILES string of the molecule is Cc1ccc(Sc2ccc(=O)n(-c3ccc(C(=O)NCc4ccccc4Cl)cc3)n2)cc1. The maximum atomic E-state index is 12.5. The lowest BCUT2D eigenvalue weighted by molar-refractivity contribution is 0.0951. The van der Waals surface area contributed by atoms with E-state index in [9.17, 15) is 9.59 Å². The van der Waals surface area contributed by atoms with Crippen molar-refractivity contribution in [1.29, 1.82) is 0 Å². The van der Waals surface area contributed by atoms with Gasteiger partial charge in [-0.3, -0.25) is 9.59 Å². The third-order valence-corrected chi connectivity index (χ3v) is 6.09. The van der Waals surface area contributed by atoms with Gasteiger partial charge in [0.1, 0.15) is 5.03 Å². The van der Waals surface area contributed by atoms with E-state index < -0.39 is 0 Å². The number of halogens is 1. The molecule has 160 valence electrons. The second kappa shape index (κ2) is 9.85. The molecular weight excluding hydrogens is 442 g/mol. The number of nitrogens with one attached hydrogen (secondary N) is 1. The number of hydrogen-bond donors (Lipinski definition) is 1. The third kappa shape index (κ3) is 5.28. The zero-order valence-electron chi connectivity index (χ0n) is 17.3. The van der Waals surface area contributed by atoms with E-state index in [1.165, 1.54) is 28.1 Å². The topological polar surface area (TPSA) is 64.0 Å². The molecule has 5 nitrogen and oxygen atoms in total. The van der Waals surface area contributed by atoms with Gasteiger partial charge in [0, 0.05) is 28.1 Å². The van der Waals surface area contributed by atoms with E-state index >= 15 is 0 Å². The Labute approximate surface area is 195 Å². The second-order valence-electron chi connectivity index (χ2n) is 7.16. The molecule has 4 aromatic rings. The summed E-state index contributed by atoms with van der Waals surface area (Å²) >= 11 is 7.62. The van der Waals surface area contributed by atoms with Crippen LogP contribution >= 0.6 is 23.4 Å². The van der Waals surface area contributed by atoms with E-state index in [0.717, 1.165) is 10.5 Å². The van der Waals surface area contributed by atoms with Gasteiger partial charge in [-0.05, 0) is 61.0 Å². The Kier molecular flexibility index (Phi) is 6.73. The summed E-state index contributed by atoms with van der Waals surface area (Å²) in [6.07, 6.45) is 0. The number of carbonyl (C=O) groups is 1. The Balaban J connectivity index is 1.48. The molecule has 1 heterocycles. The number of rotatable bonds is 6. The number of hydrogen-bond acceptors (Lipinski definition) is 4. The Bertz CT molecular complexity index is 1300. The fourth-order valence-corrected chi connectivity index (χ4v) is 4.01. The minimum absolute atomic E-state index is 0.222. The smallest absolute Gasteiger partial charge is 0.271 e. The highest BCUT2D eigenvalue weighted by atomic mass is 35.5. The molecule has 0 aliphatic carbocycles. The van der Waals surface area contributed by atoms with Crippen LogP contribution < -0.4 is 10.9 Å². The standard InChI is InChI=1S/C25H20ClN3O2S/c1-17-6-12-21(13-7-17)32-23-14-15-24(30)29(28-23)20-10-8-18(9-11-20)25(31)27-16-19-4-2-3-5-22(19)26/h2-15H,16H2,1H3,(H,27,31). The van der Waals surface area contributed by atoms with Crippen LogP contribution in [0, 0.1) is 6.92 Å². The van der Waals surface area contributed by atoms with Crippen LogP contribution in [0.3, 0.4) is 0 Å². The summed E-state index contributed by atoms with van der Waals surface area (Å²) in [5.74, 6) is -0.222. The molecule has 0 saturated heterocycles. The summed E-state index contributed by atoms with van der Waals surface area (Å²) in [4.78, 5) is 25.9. The highest BCUT2D eigenvalue weighted by Gasteiger charge is 2.09. The fraction of sp³-hybridized carbons (Fsp3) is 0.0800. The lowest BCUT2D eigenvalue weighted by Gasteiger charge is -2.09. The largest absolute Gasteiger partial charge is 0.348 e. The summed E-state index contributed by atoms with van der Waals surface area (Å²) in [5, 5.41) is 8.64. The van der Waals surface area contributed by atoms with E-state index in [-0.39, 0.29) is 11.5 Å². The molecule has 0 bridgehead atoms. The van der Waals surface area contributed by atoms with Crippen LogP contribution in [0.25, 0.3) is 5.69 Å². The van der Waals surface area contributed by atoms with Gasteiger partial charge >= 0.3 is 0 Å². The molecule has 32 heavy (non-hydrogen) atoms. The lowest BCUT2D eigenvalue weighted by Crippen LogP contribution is -2.23. The zero-order valence-corrected chi connectivity index (χ0v) is 18.9. The maximum absolute atomic E-state index is 12.5. The van der Waals surface area contributed by atoms with Gasteiger partial charge in [-0.15, -0.1) is 0 Å².